The van der Waals surface area contributed by atoms with Gasteiger partial charge in [-0.1, -0.05) is 39.8 Å². The van der Waals surface area contributed by atoms with E-state index < -0.39 is 0 Å². The zero-order valence-corrected chi connectivity index (χ0v) is 20.3. The highest BCUT2D eigenvalue weighted by Gasteiger charge is 2.37. The van der Waals surface area contributed by atoms with Crippen molar-refractivity contribution in [3.8, 4) is 16.9 Å². The molecule has 0 amide bonds. The maximum atomic E-state index is 11.8. The fourth-order valence-corrected chi connectivity index (χ4v) is 5.56. The van der Waals surface area contributed by atoms with Gasteiger partial charge < -0.3 is 10.1 Å². The van der Waals surface area contributed by atoms with Crippen LogP contribution < -0.4 is 10.1 Å². The molecule has 0 saturated carbocycles. The summed E-state index contributed by atoms with van der Waals surface area (Å²) in [6.45, 7) is 13.9. The van der Waals surface area contributed by atoms with Gasteiger partial charge in [-0.05, 0) is 82.7 Å². The van der Waals surface area contributed by atoms with E-state index in [-0.39, 0.29) is 16.8 Å². The Morgan fingerprint density at radius 3 is 2.32 bits per heavy atom. The number of carbonyl (C=O) groups excluding carboxylic acids is 1. The van der Waals surface area contributed by atoms with Crippen LogP contribution in [0.5, 0.6) is 5.75 Å². The van der Waals surface area contributed by atoms with Crippen molar-refractivity contribution in [2.75, 3.05) is 12.4 Å². The third kappa shape index (κ3) is 4.47. The Hall–Kier alpha value is -2.04. The number of hydrogen-bond acceptors (Lipinski definition) is 4. The number of carbonyl (C=O) groups is 1. The first-order chi connectivity index (χ1) is 14.6. The van der Waals surface area contributed by atoms with Gasteiger partial charge in [0.2, 0.25) is 0 Å². The van der Waals surface area contributed by atoms with Gasteiger partial charge in [0, 0.05) is 29.8 Å². The van der Waals surface area contributed by atoms with Crippen molar-refractivity contribution in [2.45, 2.75) is 65.2 Å². The number of nitrogens with one attached hydrogen (secondary N) is 1. The summed E-state index contributed by atoms with van der Waals surface area (Å²) >= 11 is 1.84. The van der Waals surface area contributed by atoms with E-state index in [1.165, 1.54) is 41.4 Å². The van der Waals surface area contributed by atoms with Crippen LogP contribution in [0.3, 0.4) is 0 Å². The molecule has 4 rings (SSSR count). The molecule has 1 fully saturated rings. The Morgan fingerprint density at radius 2 is 1.71 bits per heavy atom. The molecule has 164 valence electrons. The van der Waals surface area contributed by atoms with Gasteiger partial charge in [-0.3, -0.25) is 4.79 Å². The summed E-state index contributed by atoms with van der Waals surface area (Å²) in [5, 5.41) is 3.36. The molecule has 3 nitrogen and oxygen atoms in total. The molecule has 31 heavy (non-hydrogen) atoms. The monoisotopic (exact) mass is 435 g/mol. The quantitative estimate of drug-likeness (QED) is 0.437. The SMILES string of the molecule is CC(=O)Oc1ccc(C=C2CNCS2)cc1-c1cc2c(cc1C)C(C)(C)CCC2(C)C. The van der Waals surface area contributed by atoms with Gasteiger partial charge in [0.25, 0.3) is 0 Å². The Morgan fingerprint density at radius 1 is 1.03 bits per heavy atom. The van der Waals surface area contributed by atoms with Crippen molar-refractivity contribution in [1.82, 2.24) is 5.32 Å². The van der Waals surface area contributed by atoms with Crippen molar-refractivity contribution >= 4 is 23.8 Å². The number of aryl methyl sites for hydroxylation is 1. The average Bonchev–Trinajstić information content (AvgIpc) is 3.19. The van der Waals surface area contributed by atoms with Crippen LogP contribution in [-0.2, 0) is 15.6 Å². The lowest BCUT2D eigenvalue weighted by molar-refractivity contribution is -0.131. The molecule has 4 heteroatoms. The summed E-state index contributed by atoms with van der Waals surface area (Å²) in [5.41, 5.74) is 7.65. The van der Waals surface area contributed by atoms with Gasteiger partial charge in [0.05, 0.1) is 0 Å². The zero-order chi connectivity index (χ0) is 22.4. The number of thioether (sulfide) groups is 1. The molecule has 0 radical (unpaired) electrons. The number of esters is 1. The maximum absolute atomic E-state index is 11.8. The van der Waals surface area contributed by atoms with Gasteiger partial charge in [0.15, 0.2) is 0 Å². The molecule has 2 aliphatic rings. The highest BCUT2D eigenvalue weighted by Crippen LogP contribution is 2.48. The first-order valence-corrected chi connectivity index (χ1v) is 12.1. The minimum atomic E-state index is -0.292. The molecule has 1 aliphatic heterocycles. The van der Waals surface area contributed by atoms with Gasteiger partial charge in [-0.15, -0.1) is 11.8 Å². The molecule has 2 aromatic carbocycles. The van der Waals surface area contributed by atoms with E-state index in [2.05, 4.69) is 64.2 Å². The second-order valence-electron chi connectivity index (χ2n) is 10.2. The van der Waals surface area contributed by atoms with Crippen LogP contribution in [0, 0.1) is 6.92 Å². The summed E-state index contributed by atoms with van der Waals surface area (Å²) < 4.78 is 5.64. The van der Waals surface area contributed by atoms with Crippen LogP contribution >= 0.6 is 11.8 Å². The summed E-state index contributed by atoms with van der Waals surface area (Å²) in [7, 11) is 0. The zero-order valence-electron chi connectivity index (χ0n) is 19.5. The molecule has 0 spiro atoms. The van der Waals surface area contributed by atoms with Crippen molar-refractivity contribution in [3.63, 3.8) is 0 Å². The first kappa shape index (κ1) is 22.2. The topological polar surface area (TPSA) is 38.3 Å². The van der Waals surface area contributed by atoms with Crippen molar-refractivity contribution in [3.05, 3.63) is 57.5 Å². The van der Waals surface area contributed by atoms with Crippen LogP contribution in [0.25, 0.3) is 17.2 Å². The van der Waals surface area contributed by atoms with Crippen molar-refractivity contribution < 1.29 is 9.53 Å². The van der Waals surface area contributed by atoms with Crippen LogP contribution in [0.1, 0.15) is 69.7 Å². The molecule has 1 saturated heterocycles. The molecule has 0 bridgehead atoms. The van der Waals surface area contributed by atoms with Gasteiger partial charge in [0.1, 0.15) is 5.75 Å². The maximum Gasteiger partial charge on any atom is 0.308 e. The van der Waals surface area contributed by atoms with E-state index >= 15 is 0 Å². The average molecular weight is 436 g/mol. The summed E-state index contributed by atoms with van der Waals surface area (Å²) in [5.74, 6) is 1.29. The fraction of sp³-hybridized carbons (Fsp3) is 0.444. The molecule has 1 aliphatic carbocycles. The van der Waals surface area contributed by atoms with E-state index in [9.17, 15) is 4.79 Å². The van der Waals surface area contributed by atoms with Crippen LogP contribution in [0.15, 0.2) is 35.2 Å². The van der Waals surface area contributed by atoms with E-state index in [0.29, 0.717) is 5.75 Å². The van der Waals surface area contributed by atoms with Crippen LogP contribution in [0.4, 0.5) is 0 Å². The van der Waals surface area contributed by atoms with Gasteiger partial charge in [-0.2, -0.15) is 0 Å². The number of ether oxygens (including phenoxy) is 1. The number of rotatable bonds is 3. The standard InChI is InChI=1S/C27H33NO2S/c1-17-11-23-24(27(5,6)10-9-26(23,3)4)14-21(17)22-13-19(12-20-15-28-16-31-20)7-8-25(22)30-18(2)29/h7-8,11-14,28H,9-10,15-16H2,1-6H3. The molecule has 1 N–H and O–H groups in total. The van der Waals surface area contributed by atoms with E-state index in [1.54, 1.807) is 0 Å². The van der Waals surface area contributed by atoms with Crippen LogP contribution in [-0.4, -0.2) is 18.4 Å². The third-order valence-corrected chi connectivity index (χ3v) is 7.71. The minimum Gasteiger partial charge on any atom is -0.426 e. The predicted molar refractivity (Wildman–Crippen MR) is 132 cm³/mol. The van der Waals surface area contributed by atoms with Crippen LogP contribution in [0.2, 0.25) is 0 Å². The first-order valence-electron chi connectivity index (χ1n) is 11.1. The smallest absolute Gasteiger partial charge is 0.308 e. The lowest BCUT2D eigenvalue weighted by atomic mass is 9.62. The highest BCUT2D eigenvalue weighted by atomic mass is 32.2. The second-order valence-corrected chi connectivity index (χ2v) is 11.3. The molecule has 2 aromatic rings. The summed E-state index contributed by atoms with van der Waals surface area (Å²) in [6, 6.07) is 10.9. The lowest BCUT2D eigenvalue weighted by Gasteiger charge is -2.42. The third-order valence-electron chi connectivity index (χ3n) is 6.73. The van der Waals surface area contributed by atoms with E-state index in [1.807, 2.05) is 23.9 Å². The second kappa shape index (κ2) is 8.14. The van der Waals surface area contributed by atoms with Gasteiger partial charge >= 0.3 is 5.97 Å². The summed E-state index contributed by atoms with van der Waals surface area (Å²) in [6.07, 6.45) is 4.59. The largest absolute Gasteiger partial charge is 0.426 e. The molecule has 0 atom stereocenters. The summed E-state index contributed by atoms with van der Waals surface area (Å²) in [4.78, 5) is 13.2. The van der Waals surface area contributed by atoms with Crippen molar-refractivity contribution in [1.29, 1.82) is 0 Å². The fourth-order valence-electron chi connectivity index (χ4n) is 4.75. The lowest BCUT2D eigenvalue weighted by Crippen LogP contribution is -2.34. The molecular weight excluding hydrogens is 402 g/mol. The predicted octanol–water partition coefficient (Wildman–Crippen LogP) is 6.57. The van der Waals surface area contributed by atoms with E-state index in [0.717, 1.165) is 29.1 Å². The molecule has 0 unspecified atom stereocenters. The van der Waals surface area contributed by atoms with Gasteiger partial charge in [-0.25, -0.2) is 0 Å². The Balaban J connectivity index is 1.89. The Labute approximate surface area is 190 Å². The number of hydrogen-bond donors (Lipinski definition) is 1. The molecule has 0 aromatic heterocycles. The Bertz CT molecular complexity index is 1060. The minimum absolute atomic E-state index is 0.126. The molecular formula is C27H33NO2S. The molecule has 1 heterocycles. The number of fused-ring (bicyclic) bond motifs is 1. The normalized spacial score (nSPS) is 20.5. The number of benzene rings is 2. The highest BCUT2D eigenvalue weighted by molar-refractivity contribution is 8.03. The van der Waals surface area contributed by atoms with E-state index in [4.69, 9.17) is 4.74 Å². The van der Waals surface area contributed by atoms with Crippen molar-refractivity contribution in [2.24, 2.45) is 0 Å². The Kier molecular flexibility index (Phi) is 5.82.